The number of thiazole rings is 1. The first-order valence-corrected chi connectivity index (χ1v) is 8.88. The number of carbonyl (C=O) groups excluding carboxylic acids is 1. The van der Waals surface area contributed by atoms with Crippen LogP contribution in [0, 0.1) is 13.8 Å². The molecule has 0 saturated heterocycles. The molecule has 0 fully saturated rings. The number of ether oxygens (including phenoxy) is 2. The van der Waals surface area contributed by atoms with Gasteiger partial charge in [0.05, 0.1) is 10.2 Å². The van der Waals surface area contributed by atoms with Gasteiger partial charge < -0.3 is 14.0 Å². The fraction of sp³-hybridized carbons (Fsp3) is 0.263. The number of amides is 1. The number of fused-ring (bicyclic) bond motifs is 2. The van der Waals surface area contributed by atoms with Gasteiger partial charge in [-0.15, -0.1) is 0 Å². The Kier molecular flexibility index (Phi) is 3.84. The summed E-state index contributed by atoms with van der Waals surface area (Å²) in [5.41, 5.74) is 3.47. The summed E-state index contributed by atoms with van der Waals surface area (Å²) in [6.07, 6.45) is -0.719. The van der Waals surface area contributed by atoms with Gasteiger partial charge in [-0.1, -0.05) is 29.5 Å². The molecule has 0 radical (unpaired) electrons. The number of benzene rings is 2. The maximum absolute atomic E-state index is 12.6. The molecule has 1 unspecified atom stereocenters. The lowest BCUT2D eigenvalue weighted by Gasteiger charge is -2.23. The average molecular weight is 354 g/mol. The Hall–Kier alpha value is -2.60. The van der Waals surface area contributed by atoms with Gasteiger partial charge in [0.25, 0.3) is 5.91 Å². The molecular formula is C19H18N2O3S. The van der Waals surface area contributed by atoms with Crippen LogP contribution in [0.3, 0.4) is 0 Å². The van der Waals surface area contributed by atoms with Gasteiger partial charge in [0, 0.05) is 7.05 Å². The summed E-state index contributed by atoms with van der Waals surface area (Å²) in [6, 6.07) is 11.6. The summed E-state index contributed by atoms with van der Waals surface area (Å²) >= 11 is 1.52. The zero-order valence-electron chi connectivity index (χ0n) is 14.3. The van der Waals surface area contributed by atoms with Crippen molar-refractivity contribution in [2.45, 2.75) is 20.0 Å². The van der Waals surface area contributed by atoms with Gasteiger partial charge in [0.15, 0.2) is 16.3 Å². The Morgan fingerprint density at radius 3 is 2.80 bits per heavy atom. The van der Waals surface area contributed by atoms with Gasteiger partial charge in [-0.25, -0.2) is 0 Å². The summed E-state index contributed by atoms with van der Waals surface area (Å²) in [4.78, 5) is 17.5. The van der Waals surface area contributed by atoms with E-state index < -0.39 is 6.10 Å². The van der Waals surface area contributed by atoms with E-state index in [0.29, 0.717) is 16.3 Å². The van der Waals surface area contributed by atoms with Gasteiger partial charge in [0.2, 0.25) is 6.10 Å². The Bertz CT molecular complexity index is 1050. The first-order chi connectivity index (χ1) is 12.0. The second-order valence-electron chi connectivity index (χ2n) is 6.19. The van der Waals surface area contributed by atoms with Crippen LogP contribution >= 0.6 is 11.3 Å². The Balaban J connectivity index is 1.70. The van der Waals surface area contributed by atoms with E-state index in [1.807, 2.05) is 29.8 Å². The molecule has 2 aromatic carbocycles. The minimum Gasteiger partial charge on any atom is -0.485 e. The van der Waals surface area contributed by atoms with Crippen molar-refractivity contribution in [3.05, 3.63) is 52.3 Å². The average Bonchev–Trinajstić information content (AvgIpc) is 2.91. The molecule has 25 heavy (non-hydrogen) atoms. The third-order valence-electron chi connectivity index (χ3n) is 4.23. The molecule has 5 nitrogen and oxygen atoms in total. The molecule has 0 aliphatic carbocycles. The number of para-hydroxylation sites is 2. The van der Waals surface area contributed by atoms with Crippen molar-refractivity contribution in [1.82, 2.24) is 4.57 Å². The highest BCUT2D eigenvalue weighted by molar-refractivity contribution is 7.16. The number of hydrogen-bond acceptors (Lipinski definition) is 4. The smallest absolute Gasteiger partial charge is 0.292 e. The fourth-order valence-electron chi connectivity index (χ4n) is 2.98. The highest BCUT2D eigenvalue weighted by Crippen LogP contribution is 2.31. The molecule has 6 heteroatoms. The molecule has 1 atom stereocenters. The normalized spacial score (nSPS) is 17.1. The second-order valence-corrected chi connectivity index (χ2v) is 7.17. The predicted molar refractivity (Wildman–Crippen MR) is 97.2 cm³/mol. The van der Waals surface area contributed by atoms with Crippen LogP contribution in [0.25, 0.3) is 10.2 Å². The van der Waals surface area contributed by atoms with Gasteiger partial charge in [-0.3, -0.25) is 4.79 Å². The summed E-state index contributed by atoms with van der Waals surface area (Å²) in [5, 5.41) is 0. The number of aryl methyl sites for hydroxylation is 3. The van der Waals surface area contributed by atoms with E-state index in [-0.39, 0.29) is 12.5 Å². The molecule has 128 valence electrons. The van der Waals surface area contributed by atoms with E-state index in [1.165, 1.54) is 22.5 Å². The largest absolute Gasteiger partial charge is 0.485 e. The molecular weight excluding hydrogens is 336 g/mol. The summed E-state index contributed by atoms with van der Waals surface area (Å²) in [6.45, 7) is 4.31. The number of hydrogen-bond donors (Lipinski definition) is 0. The lowest BCUT2D eigenvalue weighted by Crippen LogP contribution is -2.36. The standard InChI is InChI=1S/C19H18N2O3S/c1-11-8-12(2)17-13(9-11)21(3)19(25-17)20-18(22)16-10-23-14-6-4-5-7-15(14)24-16/h4-9,16H,10H2,1-3H3. The lowest BCUT2D eigenvalue weighted by atomic mass is 10.1. The van der Waals surface area contributed by atoms with E-state index in [2.05, 4.69) is 31.0 Å². The Labute approximate surface area is 149 Å². The molecule has 1 aliphatic rings. The van der Waals surface area contributed by atoms with Crippen LogP contribution in [0.5, 0.6) is 11.5 Å². The van der Waals surface area contributed by atoms with Crippen molar-refractivity contribution in [1.29, 1.82) is 0 Å². The summed E-state index contributed by atoms with van der Waals surface area (Å²) in [7, 11) is 1.93. The molecule has 1 aromatic heterocycles. The van der Waals surface area contributed by atoms with Crippen LogP contribution in [0.4, 0.5) is 0 Å². The maximum Gasteiger partial charge on any atom is 0.292 e. The molecule has 3 aromatic rings. The third kappa shape index (κ3) is 2.82. The van der Waals surface area contributed by atoms with Gasteiger partial charge in [-0.05, 0) is 43.2 Å². The second kappa shape index (κ2) is 6.04. The molecule has 4 rings (SSSR count). The van der Waals surface area contributed by atoms with Crippen molar-refractivity contribution in [3.8, 4) is 11.5 Å². The number of carbonyl (C=O) groups is 1. The third-order valence-corrected chi connectivity index (χ3v) is 5.51. The monoisotopic (exact) mass is 354 g/mol. The van der Waals surface area contributed by atoms with Crippen LogP contribution in [0.15, 0.2) is 41.4 Å². The molecule has 1 amide bonds. The molecule has 0 bridgehead atoms. The fourth-order valence-corrected chi connectivity index (χ4v) is 4.06. The first kappa shape index (κ1) is 15.9. The zero-order valence-corrected chi connectivity index (χ0v) is 15.1. The minimum atomic E-state index is -0.719. The van der Waals surface area contributed by atoms with Crippen LogP contribution in [-0.4, -0.2) is 23.2 Å². The molecule has 1 aliphatic heterocycles. The Morgan fingerprint density at radius 2 is 2.00 bits per heavy atom. The molecule has 0 saturated carbocycles. The van der Waals surface area contributed by atoms with Gasteiger partial charge in [0.1, 0.15) is 6.61 Å². The highest BCUT2D eigenvalue weighted by atomic mass is 32.1. The number of nitrogens with zero attached hydrogens (tertiary/aromatic N) is 2. The first-order valence-electron chi connectivity index (χ1n) is 8.07. The van der Waals surface area contributed by atoms with Gasteiger partial charge in [-0.2, -0.15) is 4.99 Å². The van der Waals surface area contributed by atoms with Crippen molar-refractivity contribution in [3.63, 3.8) is 0 Å². The van der Waals surface area contributed by atoms with Crippen LogP contribution in [0.2, 0.25) is 0 Å². The minimum absolute atomic E-state index is 0.173. The van der Waals surface area contributed by atoms with Crippen molar-refractivity contribution < 1.29 is 14.3 Å². The van der Waals surface area contributed by atoms with E-state index in [1.54, 1.807) is 6.07 Å². The van der Waals surface area contributed by atoms with E-state index in [9.17, 15) is 4.79 Å². The molecule has 0 N–H and O–H groups in total. The lowest BCUT2D eigenvalue weighted by molar-refractivity contribution is -0.127. The van der Waals surface area contributed by atoms with Crippen LogP contribution in [-0.2, 0) is 11.8 Å². The maximum atomic E-state index is 12.6. The summed E-state index contributed by atoms with van der Waals surface area (Å²) < 4.78 is 14.5. The zero-order chi connectivity index (χ0) is 17.6. The highest BCUT2D eigenvalue weighted by Gasteiger charge is 2.27. The SMILES string of the molecule is Cc1cc(C)c2sc(=NC(=O)C3COc4ccccc4O3)n(C)c2c1. The quantitative estimate of drug-likeness (QED) is 0.675. The molecule has 2 heterocycles. The molecule has 0 spiro atoms. The van der Waals surface area contributed by atoms with Crippen LogP contribution in [0.1, 0.15) is 11.1 Å². The number of aromatic nitrogens is 1. The van der Waals surface area contributed by atoms with Gasteiger partial charge >= 0.3 is 0 Å². The summed E-state index contributed by atoms with van der Waals surface area (Å²) in [5.74, 6) is 0.908. The number of rotatable bonds is 1. The van der Waals surface area contributed by atoms with Crippen molar-refractivity contribution in [2.24, 2.45) is 12.0 Å². The Morgan fingerprint density at radius 1 is 1.24 bits per heavy atom. The van der Waals surface area contributed by atoms with Crippen molar-refractivity contribution >= 4 is 27.5 Å². The van der Waals surface area contributed by atoms with E-state index >= 15 is 0 Å². The van der Waals surface area contributed by atoms with Crippen molar-refractivity contribution in [2.75, 3.05) is 6.61 Å². The topological polar surface area (TPSA) is 52.8 Å². The van der Waals surface area contributed by atoms with E-state index in [4.69, 9.17) is 9.47 Å². The van der Waals surface area contributed by atoms with E-state index in [0.717, 1.165) is 10.2 Å². The van der Waals surface area contributed by atoms with Crippen LogP contribution < -0.4 is 14.3 Å². The predicted octanol–water partition coefficient (Wildman–Crippen LogP) is 3.12.